The minimum absolute atomic E-state index is 0.0402. The van der Waals surface area contributed by atoms with E-state index in [2.05, 4.69) is 4.74 Å². The Morgan fingerprint density at radius 2 is 2.12 bits per heavy atom. The lowest BCUT2D eigenvalue weighted by molar-refractivity contribution is -0.149. The van der Waals surface area contributed by atoms with Gasteiger partial charge < -0.3 is 18.9 Å². The van der Waals surface area contributed by atoms with Gasteiger partial charge >= 0.3 is 11.9 Å². The maximum atomic E-state index is 12.2. The first-order valence-electron chi connectivity index (χ1n) is 8.15. The Hall–Kier alpha value is -1.92. The normalized spacial score (nSPS) is 18.7. The van der Waals surface area contributed by atoms with Crippen molar-refractivity contribution >= 4 is 11.9 Å². The molecule has 6 nitrogen and oxygen atoms in total. The van der Waals surface area contributed by atoms with Gasteiger partial charge in [0, 0.05) is 6.61 Å². The first-order valence-corrected chi connectivity index (χ1v) is 8.15. The van der Waals surface area contributed by atoms with Crippen LogP contribution in [-0.2, 0) is 19.0 Å². The van der Waals surface area contributed by atoms with Crippen LogP contribution in [0.3, 0.4) is 0 Å². The molecule has 132 valence electrons. The highest BCUT2D eigenvalue weighted by molar-refractivity contribution is 5.90. The van der Waals surface area contributed by atoms with Gasteiger partial charge in [0.05, 0.1) is 25.4 Å². The van der Waals surface area contributed by atoms with Gasteiger partial charge in [0.15, 0.2) is 6.10 Å². The average molecular weight is 336 g/mol. The number of methoxy groups -OCH3 is 1. The molecule has 2 unspecified atom stereocenters. The van der Waals surface area contributed by atoms with Gasteiger partial charge in [-0.15, -0.1) is 0 Å². The van der Waals surface area contributed by atoms with Gasteiger partial charge in [-0.1, -0.05) is 6.07 Å². The van der Waals surface area contributed by atoms with Gasteiger partial charge in [-0.3, -0.25) is 0 Å². The maximum absolute atomic E-state index is 12.2. The van der Waals surface area contributed by atoms with Gasteiger partial charge in [0.25, 0.3) is 0 Å². The molecule has 6 heteroatoms. The molecule has 0 bridgehead atoms. The lowest BCUT2D eigenvalue weighted by Crippen LogP contribution is -2.31. The highest BCUT2D eigenvalue weighted by Gasteiger charge is 2.21. The predicted octanol–water partition coefficient (Wildman–Crippen LogP) is 2.66. The third-order valence-electron chi connectivity index (χ3n) is 3.96. The number of hydrogen-bond acceptors (Lipinski definition) is 6. The summed E-state index contributed by atoms with van der Waals surface area (Å²) in [7, 11) is 1.30. The highest BCUT2D eigenvalue weighted by atomic mass is 16.6. The highest BCUT2D eigenvalue weighted by Crippen LogP contribution is 2.21. The van der Waals surface area contributed by atoms with Crippen molar-refractivity contribution in [3.05, 3.63) is 29.3 Å². The molecular weight excluding hydrogens is 312 g/mol. The zero-order valence-corrected chi connectivity index (χ0v) is 14.4. The molecule has 1 aromatic rings. The summed E-state index contributed by atoms with van der Waals surface area (Å²) in [6.45, 7) is 4.56. The minimum atomic E-state index is -0.711. The van der Waals surface area contributed by atoms with Crippen LogP contribution < -0.4 is 4.74 Å². The van der Waals surface area contributed by atoms with Crippen molar-refractivity contribution < 1.29 is 28.5 Å². The van der Waals surface area contributed by atoms with E-state index in [-0.39, 0.29) is 6.10 Å². The summed E-state index contributed by atoms with van der Waals surface area (Å²) < 4.78 is 21.2. The zero-order chi connectivity index (χ0) is 17.5. The summed E-state index contributed by atoms with van der Waals surface area (Å²) in [5, 5.41) is 0. The Bertz CT molecular complexity index is 577. The van der Waals surface area contributed by atoms with Crippen molar-refractivity contribution in [2.75, 3.05) is 20.3 Å². The second-order valence-electron chi connectivity index (χ2n) is 5.86. The Kier molecular flexibility index (Phi) is 6.75. The Balaban J connectivity index is 1.91. The fourth-order valence-electron chi connectivity index (χ4n) is 2.40. The van der Waals surface area contributed by atoms with Gasteiger partial charge in [-0.25, -0.2) is 9.59 Å². The SMILES string of the molecule is COC(=O)c1ccc(C)c(OC(=O)C(C)OCC2CCCCO2)c1. The maximum Gasteiger partial charge on any atom is 0.340 e. The second kappa shape index (κ2) is 8.80. The summed E-state index contributed by atoms with van der Waals surface area (Å²) in [6, 6.07) is 4.82. The smallest absolute Gasteiger partial charge is 0.340 e. The van der Waals surface area contributed by atoms with E-state index in [9.17, 15) is 9.59 Å². The molecule has 2 rings (SSSR count). The number of esters is 2. The Morgan fingerprint density at radius 3 is 2.79 bits per heavy atom. The number of carbonyl (C=O) groups excluding carboxylic acids is 2. The molecule has 2 atom stereocenters. The standard InChI is InChI=1S/C18H24O6/c1-12-7-8-14(18(20)21-3)10-16(12)24-17(19)13(2)23-11-15-6-4-5-9-22-15/h7-8,10,13,15H,4-6,9,11H2,1-3H3. The largest absolute Gasteiger partial charge is 0.465 e. The fourth-order valence-corrected chi connectivity index (χ4v) is 2.40. The molecule has 0 saturated carbocycles. The van der Waals surface area contributed by atoms with Crippen LogP contribution >= 0.6 is 0 Å². The van der Waals surface area contributed by atoms with Crippen LogP contribution in [0.15, 0.2) is 18.2 Å². The third-order valence-corrected chi connectivity index (χ3v) is 3.96. The van der Waals surface area contributed by atoms with E-state index in [1.165, 1.54) is 13.2 Å². The Labute approximate surface area is 142 Å². The third kappa shape index (κ3) is 5.04. The molecule has 24 heavy (non-hydrogen) atoms. The van der Waals surface area contributed by atoms with E-state index in [0.29, 0.717) is 17.9 Å². The zero-order valence-electron chi connectivity index (χ0n) is 14.4. The van der Waals surface area contributed by atoms with E-state index in [4.69, 9.17) is 14.2 Å². The number of ether oxygens (including phenoxy) is 4. The lowest BCUT2D eigenvalue weighted by Gasteiger charge is -2.23. The molecule has 0 radical (unpaired) electrons. The summed E-state index contributed by atoms with van der Waals surface area (Å²) in [5.41, 5.74) is 1.08. The van der Waals surface area contributed by atoms with Crippen LogP contribution in [0.2, 0.25) is 0 Å². The second-order valence-corrected chi connectivity index (χ2v) is 5.86. The molecule has 0 amide bonds. The van der Waals surface area contributed by atoms with Crippen molar-refractivity contribution in [2.45, 2.75) is 45.3 Å². The van der Waals surface area contributed by atoms with Crippen molar-refractivity contribution in [1.82, 2.24) is 0 Å². The molecule has 1 saturated heterocycles. The number of aryl methyl sites for hydroxylation is 1. The minimum Gasteiger partial charge on any atom is -0.465 e. The quantitative estimate of drug-likeness (QED) is 0.587. The van der Waals surface area contributed by atoms with E-state index in [0.717, 1.165) is 31.4 Å². The monoisotopic (exact) mass is 336 g/mol. The fraction of sp³-hybridized carbons (Fsp3) is 0.556. The lowest BCUT2D eigenvalue weighted by atomic mass is 10.1. The summed E-state index contributed by atoms with van der Waals surface area (Å²) in [4.78, 5) is 23.8. The molecule has 0 aliphatic carbocycles. The molecule has 0 aromatic heterocycles. The summed E-state index contributed by atoms with van der Waals surface area (Å²) in [6.07, 6.45) is 2.47. The van der Waals surface area contributed by atoms with E-state index < -0.39 is 18.0 Å². The van der Waals surface area contributed by atoms with Crippen molar-refractivity contribution in [3.8, 4) is 5.75 Å². The number of rotatable bonds is 6. The van der Waals surface area contributed by atoms with Gasteiger partial charge in [0.1, 0.15) is 5.75 Å². The number of carbonyl (C=O) groups is 2. The van der Waals surface area contributed by atoms with E-state index in [1.54, 1.807) is 26.0 Å². The summed E-state index contributed by atoms with van der Waals surface area (Å²) >= 11 is 0. The van der Waals surface area contributed by atoms with Crippen LogP contribution in [0.25, 0.3) is 0 Å². The van der Waals surface area contributed by atoms with Crippen molar-refractivity contribution in [2.24, 2.45) is 0 Å². The van der Waals surface area contributed by atoms with Crippen molar-refractivity contribution in [3.63, 3.8) is 0 Å². The van der Waals surface area contributed by atoms with E-state index in [1.807, 2.05) is 0 Å². The average Bonchev–Trinajstić information content (AvgIpc) is 2.61. The number of hydrogen-bond donors (Lipinski definition) is 0. The number of benzene rings is 1. The molecular formula is C18H24O6. The molecule has 0 spiro atoms. The first-order chi connectivity index (χ1) is 11.5. The van der Waals surface area contributed by atoms with Gasteiger partial charge in [-0.05, 0) is 50.8 Å². The predicted molar refractivity (Wildman–Crippen MR) is 87.2 cm³/mol. The van der Waals surface area contributed by atoms with E-state index >= 15 is 0 Å². The molecule has 1 fully saturated rings. The molecule has 1 aliphatic heterocycles. The van der Waals surface area contributed by atoms with Gasteiger partial charge in [0.2, 0.25) is 0 Å². The van der Waals surface area contributed by atoms with Crippen LogP contribution in [0, 0.1) is 6.92 Å². The topological polar surface area (TPSA) is 71.1 Å². The first kappa shape index (κ1) is 18.4. The van der Waals surface area contributed by atoms with Crippen LogP contribution in [0.4, 0.5) is 0 Å². The summed E-state index contributed by atoms with van der Waals surface area (Å²) in [5.74, 6) is -0.658. The van der Waals surface area contributed by atoms with Gasteiger partial charge in [-0.2, -0.15) is 0 Å². The van der Waals surface area contributed by atoms with Crippen LogP contribution in [-0.4, -0.2) is 44.5 Å². The van der Waals surface area contributed by atoms with Crippen LogP contribution in [0.5, 0.6) is 5.75 Å². The molecule has 1 aromatic carbocycles. The molecule has 1 aliphatic rings. The molecule has 0 N–H and O–H groups in total. The van der Waals surface area contributed by atoms with Crippen molar-refractivity contribution in [1.29, 1.82) is 0 Å². The van der Waals surface area contributed by atoms with Crippen LogP contribution in [0.1, 0.15) is 42.1 Å². The Morgan fingerprint density at radius 1 is 1.33 bits per heavy atom. The molecule has 1 heterocycles.